The molecular weight excluding hydrogens is 422 g/mol. The fourth-order valence-electron chi connectivity index (χ4n) is 3.58. The van der Waals surface area contributed by atoms with Gasteiger partial charge in [0.25, 0.3) is 0 Å². The molecule has 4 aromatic rings. The lowest BCUT2D eigenvalue weighted by Crippen LogP contribution is -2.30. The topological polar surface area (TPSA) is 63.7 Å². The van der Waals surface area contributed by atoms with Crippen LogP contribution < -0.4 is 0 Å². The molecule has 0 unspecified atom stereocenters. The van der Waals surface area contributed by atoms with Gasteiger partial charge in [-0.2, -0.15) is 4.31 Å². The van der Waals surface area contributed by atoms with Crippen LogP contribution in [0.1, 0.15) is 21.5 Å². The number of rotatable bonds is 7. The number of sulfonamides is 1. The van der Waals surface area contributed by atoms with Gasteiger partial charge < -0.3 is 4.74 Å². The van der Waals surface area contributed by atoms with Crippen LogP contribution in [-0.2, 0) is 27.8 Å². The van der Waals surface area contributed by atoms with Crippen LogP contribution in [0, 0.1) is 0 Å². The molecule has 0 bridgehead atoms. The number of benzene rings is 4. The van der Waals surface area contributed by atoms with E-state index in [-0.39, 0.29) is 18.0 Å². The Hall–Kier alpha value is -3.48. The normalized spacial score (nSPS) is 11.6. The summed E-state index contributed by atoms with van der Waals surface area (Å²) in [6.45, 7) is 0.497. The molecule has 0 amide bonds. The number of carbonyl (C=O) groups is 1. The Morgan fingerprint density at radius 2 is 1.31 bits per heavy atom. The van der Waals surface area contributed by atoms with Crippen LogP contribution in [0.4, 0.5) is 0 Å². The van der Waals surface area contributed by atoms with Crippen LogP contribution in [0.15, 0.2) is 102 Å². The lowest BCUT2D eigenvalue weighted by molar-refractivity contribution is 0.0601. The van der Waals surface area contributed by atoms with Gasteiger partial charge in [0, 0.05) is 13.1 Å². The molecule has 0 aromatic heterocycles. The summed E-state index contributed by atoms with van der Waals surface area (Å²) in [5.41, 5.74) is 2.18. The third kappa shape index (κ3) is 4.72. The average Bonchev–Trinajstić information content (AvgIpc) is 2.83. The number of fused-ring (bicyclic) bond motifs is 1. The van der Waals surface area contributed by atoms with Gasteiger partial charge in [0.2, 0.25) is 10.0 Å². The Kier molecular flexibility index (Phi) is 6.35. The zero-order chi connectivity index (χ0) is 22.6. The smallest absolute Gasteiger partial charge is 0.337 e. The highest BCUT2D eigenvalue weighted by atomic mass is 32.2. The molecule has 0 N–H and O–H groups in total. The van der Waals surface area contributed by atoms with Gasteiger partial charge in [0.05, 0.1) is 17.6 Å². The van der Waals surface area contributed by atoms with E-state index in [0.29, 0.717) is 10.9 Å². The lowest BCUT2D eigenvalue weighted by Gasteiger charge is -2.23. The van der Waals surface area contributed by atoms with Crippen molar-refractivity contribution in [3.05, 3.63) is 114 Å². The summed E-state index contributed by atoms with van der Waals surface area (Å²) < 4.78 is 33.7. The maximum atomic E-state index is 13.7. The van der Waals surface area contributed by atoms with E-state index < -0.39 is 16.0 Å². The molecule has 0 saturated carbocycles. The molecule has 0 radical (unpaired) electrons. The molecular formula is C26H23NO4S. The van der Waals surface area contributed by atoms with Crippen molar-refractivity contribution in [3.8, 4) is 0 Å². The van der Waals surface area contributed by atoms with Crippen molar-refractivity contribution in [2.24, 2.45) is 0 Å². The minimum atomic E-state index is -3.81. The highest BCUT2D eigenvalue weighted by molar-refractivity contribution is 7.89. The largest absolute Gasteiger partial charge is 0.465 e. The van der Waals surface area contributed by atoms with Crippen molar-refractivity contribution in [1.29, 1.82) is 0 Å². The molecule has 6 heteroatoms. The zero-order valence-corrected chi connectivity index (χ0v) is 18.5. The van der Waals surface area contributed by atoms with Crippen LogP contribution in [0.2, 0.25) is 0 Å². The summed E-state index contributed by atoms with van der Waals surface area (Å²) in [4.78, 5) is 12.1. The molecule has 0 aliphatic carbocycles. The predicted molar refractivity (Wildman–Crippen MR) is 125 cm³/mol. The first-order valence-corrected chi connectivity index (χ1v) is 11.6. The van der Waals surface area contributed by atoms with Crippen LogP contribution in [-0.4, -0.2) is 25.8 Å². The Morgan fingerprint density at radius 1 is 0.750 bits per heavy atom. The molecule has 0 aliphatic rings. The standard InChI is InChI=1S/C26H23NO4S/c1-31-26(28)23-13-12-22-14-15-25(17-24(22)16-23)32(29,30)27(18-20-8-4-2-5-9-20)19-21-10-6-3-7-11-21/h2-17H,18-19H2,1H3. The number of esters is 1. The molecule has 0 saturated heterocycles. The van der Waals surface area contributed by atoms with Gasteiger partial charge in [-0.15, -0.1) is 0 Å². The highest BCUT2D eigenvalue weighted by Crippen LogP contribution is 2.26. The Balaban J connectivity index is 1.75. The summed E-state index contributed by atoms with van der Waals surface area (Å²) >= 11 is 0. The molecule has 0 atom stereocenters. The van der Waals surface area contributed by atoms with Crippen molar-refractivity contribution >= 4 is 26.8 Å². The van der Waals surface area contributed by atoms with E-state index in [2.05, 4.69) is 0 Å². The SMILES string of the molecule is COC(=O)c1ccc2ccc(S(=O)(=O)N(Cc3ccccc3)Cc3ccccc3)cc2c1. The first-order valence-electron chi connectivity index (χ1n) is 10.2. The molecule has 4 rings (SSSR count). The maximum Gasteiger partial charge on any atom is 0.337 e. The van der Waals surface area contributed by atoms with E-state index >= 15 is 0 Å². The summed E-state index contributed by atoms with van der Waals surface area (Å²) in [5, 5.41) is 1.50. The Labute approximate surface area is 187 Å². The van der Waals surface area contributed by atoms with Crippen LogP contribution in [0.3, 0.4) is 0 Å². The molecule has 0 aliphatic heterocycles. The van der Waals surface area contributed by atoms with Crippen LogP contribution in [0.25, 0.3) is 10.8 Å². The Morgan fingerprint density at radius 3 is 1.88 bits per heavy atom. The van der Waals surface area contributed by atoms with E-state index in [9.17, 15) is 13.2 Å². The number of nitrogens with zero attached hydrogens (tertiary/aromatic N) is 1. The van der Waals surface area contributed by atoms with Crippen molar-refractivity contribution < 1.29 is 17.9 Å². The van der Waals surface area contributed by atoms with Gasteiger partial charge in [-0.25, -0.2) is 13.2 Å². The second-order valence-electron chi connectivity index (χ2n) is 7.46. The number of hydrogen-bond acceptors (Lipinski definition) is 4. The van der Waals surface area contributed by atoms with Crippen molar-refractivity contribution in [1.82, 2.24) is 4.31 Å². The van der Waals surface area contributed by atoms with Gasteiger partial charge >= 0.3 is 5.97 Å². The second kappa shape index (κ2) is 9.34. The average molecular weight is 446 g/mol. The number of ether oxygens (including phenoxy) is 1. The molecule has 0 fully saturated rings. The fraction of sp³-hybridized carbons (Fsp3) is 0.115. The minimum absolute atomic E-state index is 0.180. The van der Waals surface area contributed by atoms with Crippen molar-refractivity contribution in [2.45, 2.75) is 18.0 Å². The van der Waals surface area contributed by atoms with E-state index in [1.807, 2.05) is 60.7 Å². The third-order valence-corrected chi connectivity index (χ3v) is 7.06. The second-order valence-corrected chi connectivity index (χ2v) is 9.40. The van der Waals surface area contributed by atoms with E-state index in [4.69, 9.17) is 4.74 Å². The minimum Gasteiger partial charge on any atom is -0.465 e. The molecule has 0 heterocycles. The van der Waals surface area contributed by atoms with E-state index in [1.165, 1.54) is 11.4 Å². The van der Waals surface area contributed by atoms with Gasteiger partial charge in [-0.05, 0) is 46.2 Å². The lowest BCUT2D eigenvalue weighted by atomic mass is 10.1. The number of methoxy groups -OCH3 is 1. The first-order chi connectivity index (χ1) is 15.5. The summed E-state index contributed by atoms with van der Waals surface area (Å²) in [7, 11) is -2.49. The number of carbonyl (C=O) groups excluding carboxylic acids is 1. The summed E-state index contributed by atoms with van der Waals surface area (Å²) in [6.07, 6.45) is 0. The summed E-state index contributed by atoms with van der Waals surface area (Å²) in [6, 6.07) is 29.1. The molecule has 5 nitrogen and oxygen atoms in total. The van der Waals surface area contributed by atoms with Crippen LogP contribution >= 0.6 is 0 Å². The zero-order valence-electron chi connectivity index (χ0n) is 17.6. The highest BCUT2D eigenvalue weighted by Gasteiger charge is 2.25. The number of hydrogen-bond donors (Lipinski definition) is 0. The van der Waals surface area contributed by atoms with E-state index in [1.54, 1.807) is 36.4 Å². The van der Waals surface area contributed by atoms with Gasteiger partial charge in [0.1, 0.15) is 0 Å². The fourth-order valence-corrected chi connectivity index (χ4v) is 5.03. The predicted octanol–water partition coefficient (Wildman–Crippen LogP) is 5.02. The third-order valence-electron chi connectivity index (χ3n) is 5.27. The van der Waals surface area contributed by atoms with Gasteiger partial charge in [-0.3, -0.25) is 0 Å². The van der Waals surface area contributed by atoms with Gasteiger partial charge in [0.15, 0.2) is 0 Å². The van der Waals surface area contributed by atoms with Crippen molar-refractivity contribution in [3.63, 3.8) is 0 Å². The Bertz CT molecular complexity index is 1290. The molecule has 0 spiro atoms. The quantitative estimate of drug-likeness (QED) is 0.375. The monoisotopic (exact) mass is 445 g/mol. The van der Waals surface area contributed by atoms with E-state index in [0.717, 1.165) is 16.5 Å². The van der Waals surface area contributed by atoms with Gasteiger partial charge in [-0.1, -0.05) is 72.8 Å². The molecule has 32 heavy (non-hydrogen) atoms. The maximum absolute atomic E-state index is 13.7. The van der Waals surface area contributed by atoms with Crippen LogP contribution in [0.5, 0.6) is 0 Å². The van der Waals surface area contributed by atoms with Crippen molar-refractivity contribution in [2.75, 3.05) is 7.11 Å². The molecule has 4 aromatic carbocycles. The summed E-state index contributed by atoms with van der Waals surface area (Å²) in [5.74, 6) is -0.463. The first kappa shape index (κ1) is 21.7. The molecule has 162 valence electrons.